The van der Waals surface area contributed by atoms with Crippen molar-refractivity contribution >= 4 is 40.8 Å². The molecule has 7 nitrogen and oxygen atoms in total. The van der Waals surface area contributed by atoms with Crippen LogP contribution in [0.15, 0.2) is 66.9 Å². The normalized spacial score (nSPS) is 14.8. The summed E-state index contributed by atoms with van der Waals surface area (Å²) in [7, 11) is 1.64. The van der Waals surface area contributed by atoms with E-state index in [0.29, 0.717) is 34.5 Å². The second-order valence-corrected chi connectivity index (χ2v) is 9.52. The van der Waals surface area contributed by atoms with Gasteiger partial charge in [-0.05, 0) is 66.6 Å². The van der Waals surface area contributed by atoms with Gasteiger partial charge in [0.25, 0.3) is 5.91 Å². The second kappa shape index (κ2) is 10.8. The van der Waals surface area contributed by atoms with E-state index >= 15 is 0 Å². The molecule has 1 aliphatic rings. The molecule has 3 heterocycles. The Morgan fingerprint density at radius 2 is 1.95 bits per heavy atom. The van der Waals surface area contributed by atoms with Crippen LogP contribution in [-0.4, -0.2) is 34.3 Å². The number of carbonyl (C=O) groups excluding carboxylic acids is 1. The van der Waals surface area contributed by atoms with Gasteiger partial charge in [0.2, 0.25) is 0 Å². The van der Waals surface area contributed by atoms with E-state index in [2.05, 4.69) is 21.7 Å². The number of carbonyl (C=O) groups is 1. The Balaban J connectivity index is 1.60. The van der Waals surface area contributed by atoms with Crippen LogP contribution in [0.1, 0.15) is 46.0 Å². The molecule has 2 aromatic heterocycles. The van der Waals surface area contributed by atoms with Crippen LogP contribution in [0.3, 0.4) is 0 Å². The fourth-order valence-electron chi connectivity index (χ4n) is 4.36. The van der Waals surface area contributed by atoms with Crippen LogP contribution >= 0.6 is 23.2 Å². The Labute approximate surface area is 225 Å². The average molecular weight is 534 g/mol. The van der Waals surface area contributed by atoms with Crippen molar-refractivity contribution in [3.8, 4) is 11.4 Å². The van der Waals surface area contributed by atoms with E-state index in [-0.39, 0.29) is 11.9 Å². The van der Waals surface area contributed by atoms with Crippen molar-refractivity contribution in [2.24, 2.45) is 0 Å². The largest absolute Gasteiger partial charge is 0.497 e. The number of fused-ring (bicyclic) bond motifs is 1. The quantitative estimate of drug-likeness (QED) is 0.331. The van der Waals surface area contributed by atoms with Gasteiger partial charge in [0.05, 0.1) is 35.2 Å². The topological polar surface area (TPSA) is 81.1 Å². The number of hydrogen-bond acceptors (Lipinski definition) is 5. The molecule has 188 valence electrons. The molecule has 37 heavy (non-hydrogen) atoms. The Hall–Kier alpha value is -3.65. The third-order valence-electron chi connectivity index (χ3n) is 6.19. The van der Waals surface area contributed by atoms with Gasteiger partial charge in [-0.2, -0.15) is 5.10 Å². The molecule has 0 saturated carbocycles. The summed E-state index contributed by atoms with van der Waals surface area (Å²) in [6.07, 6.45) is 3.78. The molecular weight excluding hydrogens is 509 g/mol. The smallest absolute Gasteiger partial charge is 0.272 e. The average Bonchev–Trinajstić information content (AvgIpc) is 3.30. The Morgan fingerprint density at radius 1 is 1.14 bits per heavy atom. The molecule has 0 saturated heterocycles. The van der Waals surface area contributed by atoms with Crippen molar-refractivity contribution in [2.75, 3.05) is 13.7 Å². The standard InChI is InChI=1S/C28H25Cl2N5O2/c1-17(24-5-3-4-12-32-24)33-28(36)26-22-16-31-15-19(13-18-6-9-21(37-2)10-7-18)27(22)35(34-26)25-11-8-20(29)14-23(25)30/h3-14,17,31H,15-16H2,1-2H3,(H,33,36)/t17-/m1/s1. The lowest BCUT2D eigenvalue weighted by atomic mass is 9.98. The monoisotopic (exact) mass is 533 g/mol. The zero-order chi connectivity index (χ0) is 25.9. The highest BCUT2D eigenvalue weighted by Crippen LogP contribution is 2.33. The fraction of sp³-hybridized carbons (Fsp3) is 0.179. The molecule has 9 heteroatoms. The van der Waals surface area contributed by atoms with E-state index < -0.39 is 0 Å². The first kappa shape index (κ1) is 25.0. The lowest BCUT2D eigenvalue weighted by Gasteiger charge is -2.20. The van der Waals surface area contributed by atoms with Crippen LogP contribution < -0.4 is 15.4 Å². The highest BCUT2D eigenvalue weighted by Gasteiger charge is 2.29. The molecule has 0 radical (unpaired) electrons. The summed E-state index contributed by atoms with van der Waals surface area (Å²) in [6, 6.07) is 18.3. The van der Waals surface area contributed by atoms with Crippen LogP contribution in [0, 0.1) is 0 Å². The maximum absolute atomic E-state index is 13.5. The SMILES string of the molecule is COc1ccc(C=C2CNCc3c(C(=O)N[C@H](C)c4ccccn4)nn(-c4ccc(Cl)cc4Cl)c32)cc1. The van der Waals surface area contributed by atoms with E-state index in [1.807, 2.05) is 55.5 Å². The number of methoxy groups -OCH3 is 1. The number of hydrogen-bond donors (Lipinski definition) is 2. The highest BCUT2D eigenvalue weighted by atomic mass is 35.5. The van der Waals surface area contributed by atoms with E-state index in [1.54, 1.807) is 30.1 Å². The van der Waals surface area contributed by atoms with Gasteiger partial charge >= 0.3 is 0 Å². The summed E-state index contributed by atoms with van der Waals surface area (Å²) in [5.41, 5.74) is 5.33. The number of nitrogens with zero attached hydrogens (tertiary/aromatic N) is 3. The summed E-state index contributed by atoms with van der Waals surface area (Å²) in [5, 5.41) is 12.2. The van der Waals surface area contributed by atoms with Gasteiger partial charge in [-0.1, -0.05) is 41.4 Å². The molecule has 0 spiro atoms. The molecule has 0 aliphatic carbocycles. The second-order valence-electron chi connectivity index (χ2n) is 8.68. The molecule has 0 bridgehead atoms. The zero-order valence-electron chi connectivity index (χ0n) is 20.3. The molecule has 0 unspecified atom stereocenters. The molecular formula is C28H25Cl2N5O2. The van der Waals surface area contributed by atoms with E-state index in [9.17, 15) is 4.79 Å². The number of aromatic nitrogens is 3. The molecule has 4 aromatic rings. The number of ether oxygens (including phenoxy) is 1. The summed E-state index contributed by atoms with van der Waals surface area (Å²) in [6.45, 7) is 2.98. The predicted octanol–water partition coefficient (Wildman–Crippen LogP) is 5.72. The van der Waals surface area contributed by atoms with Crippen molar-refractivity contribution in [2.45, 2.75) is 19.5 Å². The zero-order valence-corrected chi connectivity index (χ0v) is 21.8. The first-order valence-corrected chi connectivity index (χ1v) is 12.5. The van der Waals surface area contributed by atoms with Gasteiger partial charge in [0, 0.05) is 29.9 Å². The first-order valence-electron chi connectivity index (χ1n) is 11.8. The third kappa shape index (κ3) is 5.25. The summed E-state index contributed by atoms with van der Waals surface area (Å²) in [4.78, 5) is 17.8. The fourth-order valence-corrected chi connectivity index (χ4v) is 4.84. The van der Waals surface area contributed by atoms with Crippen molar-refractivity contribution in [1.29, 1.82) is 0 Å². The number of nitrogens with one attached hydrogen (secondary N) is 2. The number of pyridine rings is 1. The third-order valence-corrected chi connectivity index (χ3v) is 6.73. The molecule has 2 aromatic carbocycles. The van der Waals surface area contributed by atoms with Gasteiger partial charge < -0.3 is 15.4 Å². The van der Waals surface area contributed by atoms with Crippen LogP contribution in [0.25, 0.3) is 17.3 Å². The van der Waals surface area contributed by atoms with Gasteiger partial charge in [-0.3, -0.25) is 9.78 Å². The van der Waals surface area contributed by atoms with Gasteiger partial charge in [0.1, 0.15) is 5.75 Å². The van der Waals surface area contributed by atoms with Crippen molar-refractivity contribution in [1.82, 2.24) is 25.4 Å². The maximum Gasteiger partial charge on any atom is 0.272 e. The van der Waals surface area contributed by atoms with E-state index in [0.717, 1.165) is 33.8 Å². The summed E-state index contributed by atoms with van der Waals surface area (Å²) >= 11 is 12.8. The maximum atomic E-state index is 13.5. The number of benzene rings is 2. The first-order chi connectivity index (χ1) is 17.9. The number of rotatable bonds is 6. The van der Waals surface area contributed by atoms with Gasteiger partial charge in [0.15, 0.2) is 5.69 Å². The number of halogens is 2. The minimum Gasteiger partial charge on any atom is -0.497 e. The molecule has 1 aliphatic heterocycles. The van der Waals surface area contributed by atoms with E-state index in [1.165, 1.54) is 0 Å². The van der Waals surface area contributed by atoms with Crippen LogP contribution in [0.2, 0.25) is 10.0 Å². The lowest BCUT2D eigenvalue weighted by molar-refractivity contribution is 0.0932. The number of amides is 1. The van der Waals surface area contributed by atoms with E-state index in [4.69, 9.17) is 33.0 Å². The Bertz CT molecular complexity index is 1470. The van der Waals surface area contributed by atoms with Crippen molar-refractivity contribution in [3.05, 3.63) is 105 Å². The molecule has 2 N–H and O–H groups in total. The van der Waals surface area contributed by atoms with Crippen LogP contribution in [-0.2, 0) is 6.54 Å². The molecule has 0 fully saturated rings. The van der Waals surface area contributed by atoms with Crippen LogP contribution in [0.4, 0.5) is 0 Å². The van der Waals surface area contributed by atoms with Crippen molar-refractivity contribution < 1.29 is 9.53 Å². The molecule has 1 amide bonds. The van der Waals surface area contributed by atoms with Crippen LogP contribution in [0.5, 0.6) is 5.75 Å². The lowest BCUT2D eigenvalue weighted by Crippen LogP contribution is -2.30. The minimum absolute atomic E-state index is 0.286. The van der Waals surface area contributed by atoms with Crippen molar-refractivity contribution in [3.63, 3.8) is 0 Å². The highest BCUT2D eigenvalue weighted by molar-refractivity contribution is 6.35. The molecule has 5 rings (SSSR count). The summed E-state index contributed by atoms with van der Waals surface area (Å²) < 4.78 is 7.03. The minimum atomic E-state index is -0.292. The Kier molecular flexibility index (Phi) is 7.28. The van der Waals surface area contributed by atoms with Gasteiger partial charge in [-0.25, -0.2) is 4.68 Å². The predicted molar refractivity (Wildman–Crippen MR) is 146 cm³/mol. The Morgan fingerprint density at radius 3 is 2.65 bits per heavy atom. The molecule has 1 atom stereocenters. The summed E-state index contributed by atoms with van der Waals surface area (Å²) in [5.74, 6) is 0.495. The van der Waals surface area contributed by atoms with Gasteiger partial charge in [-0.15, -0.1) is 0 Å².